The number of hydrogen-bond acceptors (Lipinski definition) is 5. The van der Waals surface area contributed by atoms with Crippen LogP contribution in [0.4, 0.5) is 11.4 Å². The first-order chi connectivity index (χ1) is 16.6. The summed E-state index contributed by atoms with van der Waals surface area (Å²) >= 11 is 0. The molecule has 3 rings (SSSR count). The van der Waals surface area contributed by atoms with E-state index in [0.29, 0.717) is 29.9 Å². The van der Waals surface area contributed by atoms with Crippen molar-refractivity contribution in [3.8, 4) is 0 Å². The van der Waals surface area contributed by atoms with Crippen LogP contribution in [0.1, 0.15) is 39.9 Å². The fraction of sp³-hybridized carbons (Fsp3) is 0.269. The lowest BCUT2D eigenvalue weighted by Crippen LogP contribution is -2.31. The number of rotatable bonds is 10. The van der Waals surface area contributed by atoms with Crippen LogP contribution in [0.5, 0.6) is 0 Å². The van der Waals surface area contributed by atoms with Gasteiger partial charge in [0.2, 0.25) is 15.9 Å². The lowest BCUT2D eigenvalue weighted by atomic mass is 10.1. The molecule has 8 nitrogen and oxygen atoms in total. The van der Waals surface area contributed by atoms with Gasteiger partial charge in [-0.25, -0.2) is 8.42 Å². The molecule has 2 aromatic carbocycles. The fourth-order valence-electron chi connectivity index (χ4n) is 3.75. The van der Waals surface area contributed by atoms with E-state index in [4.69, 9.17) is 0 Å². The largest absolute Gasteiger partial charge is 0.348 e. The lowest BCUT2D eigenvalue weighted by Gasteiger charge is -2.23. The maximum Gasteiger partial charge on any atom is 0.253 e. The summed E-state index contributed by atoms with van der Waals surface area (Å²) < 4.78 is 26.1. The number of aromatic nitrogens is 1. The monoisotopic (exact) mass is 494 g/mol. The Labute approximate surface area is 206 Å². The number of amides is 2. The van der Waals surface area contributed by atoms with E-state index in [0.717, 1.165) is 22.9 Å². The van der Waals surface area contributed by atoms with E-state index in [1.54, 1.807) is 42.7 Å². The Morgan fingerprint density at radius 1 is 1.00 bits per heavy atom. The predicted molar refractivity (Wildman–Crippen MR) is 138 cm³/mol. The second-order valence-corrected chi connectivity index (χ2v) is 10.3. The van der Waals surface area contributed by atoms with Crippen LogP contribution in [0.3, 0.4) is 0 Å². The summed E-state index contributed by atoms with van der Waals surface area (Å²) in [4.78, 5) is 29.3. The molecule has 35 heavy (non-hydrogen) atoms. The van der Waals surface area contributed by atoms with E-state index in [1.165, 1.54) is 4.31 Å². The molecule has 0 radical (unpaired) electrons. The number of carbonyl (C=O) groups is 2. The second kappa shape index (κ2) is 11.6. The molecule has 0 saturated heterocycles. The summed E-state index contributed by atoms with van der Waals surface area (Å²) in [6.07, 6.45) is 4.91. The molecule has 1 aromatic heterocycles. The van der Waals surface area contributed by atoms with Crippen LogP contribution in [0, 0.1) is 13.8 Å². The quantitative estimate of drug-likeness (QED) is 0.446. The SMILES string of the molecule is Cc1cc(C)cc(N(CCCC(=O)Nc2ccccc2C(=O)NCc2cccnc2)S(C)(=O)=O)c1. The fourth-order valence-corrected chi connectivity index (χ4v) is 4.70. The van der Waals surface area contributed by atoms with Crippen LogP contribution >= 0.6 is 0 Å². The molecule has 2 N–H and O–H groups in total. The molecular weight excluding hydrogens is 464 g/mol. The maximum atomic E-state index is 12.7. The van der Waals surface area contributed by atoms with Crippen molar-refractivity contribution >= 4 is 33.2 Å². The number of carbonyl (C=O) groups excluding carboxylic acids is 2. The van der Waals surface area contributed by atoms with Crippen LogP contribution in [0.2, 0.25) is 0 Å². The van der Waals surface area contributed by atoms with Gasteiger partial charge in [-0.05, 0) is 67.3 Å². The number of sulfonamides is 1. The Morgan fingerprint density at radius 2 is 1.71 bits per heavy atom. The molecule has 1 heterocycles. The van der Waals surface area contributed by atoms with Crippen molar-refractivity contribution in [2.24, 2.45) is 0 Å². The van der Waals surface area contributed by atoms with Crippen molar-refractivity contribution in [1.82, 2.24) is 10.3 Å². The van der Waals surface area contributed by atoms with E-state index in [-0.39, 0.29) is 24.8 Å². The zero-order valence-corrected chi connectivity index (χ0v) is 20.9. The first kappa shape index (κ1) is 25.9. The van der Waals surface area contributed by atoms with Crippen LogP contribution < -0.4 is 14.9 Å². The molecule has 0 atom stereocenters. The average Bonchev–Trinajstić information content (AvgIpc) is 2.80. The van der Waals surface area contributed by atoms with Gasteiger partial charge in [0, 0.05) is 31.9 Å². The number of nitrogens with zero attached hydrogens (tertiary/aromatic N) is 2. The molecule has 0 spiro atoms. The van der Waals surface area contributed by atoms with Gasteiger partial charge in [0.25, 0.3) is 5.91 Å². The molecule has 0 unspecified atom stereocenters. The number of nitrogens with one attached hydrogen (secondary N) is 2. The normalized spacial score (nSPS) is 11.1. The molecule has 184 valence electrons. The highest BCUT2D eigenvalue weighted by Crippen LogP contribution is 2.22. The summed E-state index contributed by atoms with van der Waals surface area (Å²) in [6.45, 7) is 4.31. The van der Waals surface area contributed by atoms with Gasteiger partial charge in [0.05, 0.1) is 23.2 Å². The number of aryl methyl sites for hydroxylation is 2. The van der Waals surface area contributed by atoms with Gasteiger partial charge >= 0.3 is 0 Å². The number of anilines is 2. The molecule has 0 aliphatic heterocycles. The van der Waals surface area contributed by atoms with Gasteiger partial charge in [-0.1, -0.05) is 24.3 Å². The number of hydrogen-bond donors (Lipinski definition) is 2. The summed E-state index contributed by atoms with van der Waals surface area (Å²) in [5, 5.41) is 5.61. The van der Waals surface area contributed by atoms with Gasteiger partial charge in [-0.15, -0.1) is 0 Å². The van der Waals surface area contributed by atoms with Crippen molar-refractivity contribution in [2.75, 3.05) is 22.4 Å². The van der Waals surface area contributed by atoms with Crippen molar-refractivity contribution in [1.29, 1.82) is 0 Å². The third kappa shape index (κ3) is 7.65. The molecular formula is C26H30N4O4S. The predicted octanol–water partition coefficient (Wildman–Crippen LogP) is 3.81. The van der Waals surface area contributed by atoms with Crippen LogP contribution in [0.25, 0.3) is 0 Å². The average molecular weight is 495 g/mol. The minimum Gasteiger partial charge on any atom is -0.348 e. The second-order valence-electron chi connectivity index (χ2n) is 8.42. The standard InChI is InChI=1S/C26H30N4O4S/c1-19-14-20(2)16-22(15-19)30(35(3,33)34)13-7-11-25(31)29-24-10-5-4-9-23(24)26(32)28-18-21-8-6-12-27-17-21/h4-6,8-10,12,14-17H,7,11,13,18H2,1-3H3,(H,28,32)(H,29,31). The van der Waals surface area contributed by atoms with Gasteiger partial charge in [0.15, 0.2) is 0 Å². The highest BCUT2D eigenvalue weighted by molar-refractivity contribution is 7.92. The van der Waals surface area contributed by atoms with E-state index >= 15 is 0 Å². The summed E-state index contributed by atoms with van der Waals surface area (Å²) in [7, 11) is -3.51. The first-order valence-corrected chi connectivity index (χ1v) is 13.1. The minimum absolute atomic E-state index is 0.0997. The Morgan fingerprint density at radius 3 is 2.37 bits per heavy atom. The molecule has 0 saturated carbocycles. The van der Waals surface area contributed by atoms with Gasteiger partial charge in [-0.3, -0.25) is 18.9 Å². The number of benzene rings is 2. The minimum atomic E-state index is -3.51. The Hall–Kier alpha value is -3.72. The molecule has 9 heteroatoms. The van der Waals surface area contributed by atoms with Gasteiger partial charge in [0.1, 0.15) is 0 Å². The van der Waals surface area contributed by atoms with Crippen molar-refractivity contribution in [3.05, 3.63) is 89.2 Å². The molecule has 0 aliphatic carbocycles. The Kier molecular flexibility index (Phi) is 8.59. The summed E-state index contributed by atoms with van der Waals surface area (Å²) in [6, 6.07) is 16.0. The van der Waals surface area contributed by atoms with Crippen molar-refractivity contribution in [3.63, 3.8) is 0 Å². The van der Waals surface area contributed by atoms with Crippen LogP contribution in [0.15, 0.2) is 67.0 Å². The Balaban J connectivity index is 1.60. The van der Waals surface area contributed by atoms with Crippen molar-refractivity contribution in [2.45, 2.75) is 33.2 Å². The summed E-state index contributed by atoms with van der Waals surface area (Å²) in [5.41, 5.74) is 4.12. The van der Waals surface area contributed by atoms with E-state index in [1.807, 2.05) is 38.1 Å². The van der Waals surface area contributed by atoms with E-state index < -0.39 is 10.0 Å². The third-order valence-corrected chi connectivity index (χ3v) is 6.48. The molecule has 2 amide bonds. The van der Waals surface area contributed by atoms with Crippen molar-refractivity contribution < 1.29 is 18.0 Å². The first-order valence-electron chi connectivity index (χ1n) is 11.3. The van der Waals surface area contributed by atoms with Gasteiger partial charge in [-0.2, -0.15) is 0 Å². The Bertz CT molecular complexity index is 1270. The smallest absolute Gasteiger partial charge is 0.253 e. The molecule has 0 bridgehead atoms. The third-order valence-electron chi connectivity index (χ3n) is 5.28. The number of para-hydroxylation sites is 1. The maximum absolute atomic E-state index is 12.7. The zero-order valence-electron chi connectivity index (χ0n) is 20.1. The molecule has 3 aromatic rings. The molecule has 0 aliphatic rings. The van der Waals surface area contributed by atoms with Crippen LogP contribution in [-0.4, -0.2) is 38.0 Å². The van der Waals surface area contributed by atoms with Crippen LogP contribution in [-0.2, 0) is 21.4 Å². The highest BCUT2D eigenvalue weighted by atomic mass is 32.2. The highest BCUT2D eigenvalue weighted by Gasteiger charge is 2.19. The summed E-state index contributed by atoms with van der Waals surface area (Å²) in [5.74, 6) is -0.616. The van der Waals surface area contributed by atoms with E-state index in [9.17, 15) is 18.0 Å². The lowest BCUT2D eigenvalue weighted by molar-refractivity contribution is -0.116. The topological polar surface area (TPSA) is 108 Å². The number of pyridine rings is 1. The van der Waals surface area contributed by atoms with E-state index in [2.05, 4.69) is 15.6 Å². The zero-order chi connectivity index (χ0) is 25.4. The molecule has 0 fully saturated rings. The van der Waals surface area contributed by atoms with Gasteiger partial charge < -0.3 is 10.6 Å².